The van der Waals surface area contributed by atoms with E-state index in [1.54, 1.807) is 6.07 Å². The molecule has 1 aromatic rings. The summed E-state index contributed by atoms with van der Waals surface area (Å²) >= 11 is 3.31. The van der Waals surface area contributed by atoms with Crippen molar-refractivity contribution in [2.75, 3.05) is 19.6 Å². The Morgan fingerprint density at radius 2 is 2.21 bits per heavy atom. The summed E-state index contributed by atoms with van der Waals surface area (Å²) < 4.78 is 0.752. The Morgan fingerprint density at radius 3 is 2.86 bits per heavy atom. The van der Waals surface area contributed by atoms with E-state index in [0.29, 0.717) is 6.04 Å². The molecule has 2 rings (SSSR count). The molecule has 0 aliphatic carbocycles. The van der Waals surface area contributed by atoms with Crippen LogP contribution in [0.5, 0.6) is 5.75 Å². The third-order valence-corrected chi connectivity index (χ3v) is 3.05. The van der Waals surface area contributed by atoms with Crippen LogP contribution in [0, 0.1) is 0 Å². The number of rotatable bonds is 1. The van der Waals surface area contributed by atoms with Gasteiger partial charge >= 0.3 is 0 Å². The van der Waals surface area contributed by atoms with Gasteiger partial charge in [0.15, 0.2) is 0 Å². The molecule has 1 heterocycles. The molecule has 0 saturated carbocycles. The van der Waals surface area contributed by atoms with Gasteiger partial charge in [-0.3, -0.25) is 0 Å². The highest BCUT2D eigenvalue weighted by Crippen LogP contribution is 2.27. The van der Waals surface area contributed by atoms with Gasteiger partial charge in [-0.1, -0.05) is 6.07 Å². The summed E-state index contributed by atoms with van der Waals surface area (Å²) in [7, 11) is 0. The lowest BCUT2D eigenvalue weighted by molar-refractivity contribution is 0.428. The van der Waals surface area contributed by atoms with Crippen molar-refractivity contribution in [3.05, 3.63) is 28.2 Å². The van der Waals surface area contributed by atoms with Gasteiger partial charge in [0.1, 0.15) is 5.75 Å². The highest BCUT2D eigenvalue weighted by Gasteiger charge is 2.14. The van der Waals surface area contributed by atoms with Crippen molar-refractivity contribution < 1.29 is 5.11 Å². The predicted octanol–water partition coefficient (Wildman–Crippen LogP) is 1.39. The third kappa shape index (κ3) is 2.08. The van der Waals surface area contributed by atoms with E-state index in [0.717, 1.165) is 24.1 Å². The minimum absolute atomic E-state index is 0.289. The van der Waals surface area contributed by atoms with Crippen LogP contribution in [0.15, 0.2) is 22.7 Å². The molecule has 1 aromatic carbocycles. The zero-order valence-corrected chi connectivity index (χ0v) is 9.34. The van der Waals surface area contributed by atoms with Crippen LogP contribution in [0.2, 0.25) is 0 Å². The Hall–Kier alpha value is -0.580. The van der Waals surface area contributed by atoms with Crippen LogP contribution < -0.4 is 10.6 Å². The highest BCUT2D eigenvalue weighted by molar-refractivity contribution is 9.10. The van der Waals surface area contributed by atoms with Gasteiger partial charge in [-0.15, -0.1) is 0 Å². The summed E-state index contributed by atoms with van der Waals surface area (Å²) in [6.45, 7) is 2.95. The van der Waals surface area contributed by atoms with Crippen LogP contribution in [0.3, 0.4) is 0 Å². The molecule has 0 aromatic heterocycles. The molecule has 1 atom stereocenters. The second kappa shape index (κ2) is 4.29. The van der Waals surface area contributed by atoms with E-state index in [4.69, 9.17) is 0 Å². The molecule has 0 unspecified atom stereocenters. The fourth-order valence-electron chi connectivity index (χ4n) is 1.63. The lowest BCUT2D eigenvalue weighted by Gasteiger charge is -2.25. The number of phenolic OH excluding ortho intramolecular Hbond substituents is 1. The Morgan fingerprint density at radius 1 is 1.36 bits per heavy atom. The number of benzene rings is 1. The standard InChI is InChI=1S/C10H13BrN2O/c11-8-5-7(1-2-10(8)14)9-6-12-3-4-13-9/h1-2,5,9,12-14H,3-4,6H2/t9-/m0/s1. The van der Waals surface area contributed by atoms with Crippen LogP contribution in [-0.4, -0.2) is 24.7 Å². The fraction of sp³-hybridized carbons (Fsp3) is 0.400. The molecule has 3 N–H and O–H groups in total. The SMILES string of the molecule is Oc1ccc([C@@H]2CNCCN2)cc1Br. The Labute approximate surface area is 91.6 Å². The van der Waals surface area contributed by atoms with Crippen molar-refractivity contribution >= 4 is 15.9 Å². The van der Waals surface area contributed by atoms with Crippen LogP contribution in [0.25, 0.3) is 0 Å². The molecule has 1 fully saturated rings. The predicted molar refractivity (Wildman–Crippen MR) is 59.4 cm³/mol. The average Bonchev–Trinajstić information content (AvgIpc) is 2.23. The lowest BCUT2D eigenvalue weighted by atomic mass is 10.1. The number of hydrogen-bond donors (Lipinski definition) is 3. The molecule has 0 bridgehead atoms. The van der Waals surface area contributed by atoms with Crippen LogP contribution in [0.4, 0.5) is 0 Å². The van der Waals surface area contributed by atoms with Crippen molar-refractivity contribution in [2.45, 2.75) is 6.04 Å². The maximum absolute atomic E-state index is 9.36. The van der Waals surface area contributed by atoms with Crippen molar-refractivity contribution in [3.8, 4) is 5.75 Å². The van der Waals surface area contributed by atoms with Crippen molar-refractivity contribution in [1.82, 2.24) is 10.6 Å². The number of nitrogens with one attached hydrogen (secondary N) is 2. The highest BCUT2D eigenvalue weighted by atomic mass is 79.9. The zero-order chi connectivity index (χ0) is 9.97. The van der Waals surface area contributed by atoms with Crippen LogP contribution >= 0.6 is 15.9 Å². The zero-order valence-electron chi connectivity index (χ0n) is 7.76. The Balaban J connectivity index is 2.18. The molecule has 4 heteroatoms. The van der Waals surface area contributed by atoms with Gasteiger partial charge in [-0.2, -0.15) is 0 Å². The van der Waals surface area contributed by atoms with Gasteiger partial charge in [-0.05, 0) is 33.6 Å². The Bertz CT molecular complexity index is 324. The molecule has 1 aliphatic heterocycles. The molecule has 1 saturated heterocycles. The monoisotopic (exact) mass is 256 g/mol. The second-order valence-electron chi connectivity index (χ2n) is 3.42. The largest absolute Gasteiger partial charge is 0.507 e. The van der Waals surface area contributed by atoms with Crippen LogP contribution in [-0.2, 0) is 0 Å². The van der Waals surface area contributed by atoms with Crippen molar-refractivity contribution in [2.24, 2.45) is 0 Å². The second-order valence-corrected chi connectivity index (χ2v) is 4.28. The number of halogens is 1. The van der Waals surface area contributed by atoms with E-state index in [2.05, 4.69) is 26.6 Å². The quantitative estimate of drug-likeness (QED) is 0.712. The van der Waals surface area contributed by atoms with Gasteiger partial charge in [0.2, 0.25) is 0 Å². The summed E-state index contributed by atoms with van der Waals surface area (Å²) in [5, 5.41) is 16.1. The third-order valence-electron chi connectivity index (χ3n) is 2.42. The van der Waals surface area contributed by atoms with Crippen LogP contribution in [0.1, 0.15) is 11.6 Å². The summed E-state index contributed by atoms with van der Waals surface area (Å²) in [4.78, 5) is 0. The van der Waals surface area contributed by atoms with E-state index in [1.807, 2.05) is 12.1 Å². The molecule has 3 nitrogen and oxygen atoms in total. The molecule has 14 heavy (non-hydrogen) atoms. The summed E-state index contributed by atoms with van der Waals surface area (Å²) in [6.07, 6.45) is 0. The normalized spacial score (nSPS) is 22.2. The molecule has 1 aliphatic rings. The van der Waals surface area contributed by atoms with E-state index in [1.165, 1.54) is 5.56 Å². The first-order valence-corrected chi connectivity index (χ1v) is 5.49. The van der Waals surface area contributed by atoms with E-state index < -0.39 is 0 Å². The van der Waals surface area contributed by atoms with Gasteiger partial charge in [0.25, 0.3) is 0 Å². The molecule has 76 valence electrons. The van der Waals surface area contributed by atoms with E-state index in [-0.39, 0.29) is 5.75 Å². The molecular weight excluding hydrogens is 244 g/mol. The number of hydrogen-bond acceptors (Lipinski definition) is 3. The minimum Gasteiger partial charge on any atom is -0.507 e. The fourth-order valence-corrected chi connectivity index (χ4v) is 2.03. The first kappa shape index (κ1) is 9.96. The van der Waals surface area contributed by atoms with Gasteiger partial charge in [0, 0.05) is 25.7 Å². The topological polar surface area (TPSA) is 44.3 Å². The number of phenols is 1. The van der Waals surface area contributed by atoms with Crippen molar-refractivity contribution in [1.29, 1.82) is 0 Å². The molecule has 0 amide bonds. The number of piperazine rings is 1. The first-order valence-electron chi connectivity index (χ1n) is 4.70. The average molecular weight is 257 g/mol. The summed E-state index contributed by atoms with van der Waals surface area (Å²) in [6, 6.07) is 5.97. The first-order chi connectivity index (χ1) is 6.77. The van der Waals surface area contributed by atoms with Gasteiger partial charge < -0.3 is 15.7 Å². The molecular formula is C10H13BrN2O. The Kier molecular flexibility index (Phi) is 3.05. The van der Waals surface area contributed by atoms with Gasteiger partial charge in [0.05, 0.1) is 4.47 Å². The summed E-state index contributed by atoms with van der Waals surface area (Å²) in [5.41, 5.74) is 1.20. The van der Waals surface area contributed by atoms with E-state index >= 15 is 0 Å². The smallest absolute Gasteiger partial charge is 0.129 e. The lowest BCUT2D eigenvalue weighted by Crippen LogP contribution is -2.42. The summed E-state index contributed by atoms with van der Waals surface area (Å²) in [5.74, 6) is 0.289. The minimum atomic E-state index is 0.289. The number of aromatic hydroxyl groups is 1. The maximum atomic E-state index is 9.36. The molecule has 0 spiro atoms. The van der Waals surface area contributed by atoms with Gasteiger partial charge in [-0.25, -0.2) is 0 Å². The van der Waals surface area contributed by atoms with E-state index in [9.17, 15) is 5.11 Å². The van der Waals surface area contributed by atoms with Crippen molar-refractivity contribution in [3.63, 3.8) is 0 Å². The molecule has 0 radical (unpaired) electrons. The maximum Gasteiger partial charge on any atom is 0.129 e.